The van der Waals surface area contributed by atoms with Crippen LogP contribution in [0.5, 0.6) is 5.75 Å². The Balaban J connectivity index is 1.95. The number of carbonyl (C=O) groups is 1. The second-order valence-electron chi connectivity index (χ2n) is 5.93. The number of hydrazone groups is 1. The van der Waals surface area contributed by atoms with E-state index >= 15 is 0 Å². The lowest BCUT2D eigenvalue weighted by Gasteiger charge is -2.15. The molecule has 0 aromatic heterocycles. The van der Waals surface area contributed by atoms with Crippen molar-refractivity contribution >= 4 is 23.7 Å². The summed E-state index contributed by atoms with van der Waals surface area (Å²) >= 11 is 6.15. The Morgan fingerprint density at radius 1 is 1.36 bits per heavy atom. The molecule has 0 unspecified atom stereocenters. The fourth-order valence-corrected chi connectivity index (χ4v) is 2.36. The quantitative estimate of drug-likeness (QED) is 0.610. The predicted octanol–water partition coefficient (Wildman–Crippen LogP) is 4.44. The first-order valence-corrected chi connectivity index (χ1v) is 8.25. The molecule has 2 rings (SSSR count). The van der Waals surface area contributed by atoms with Crippen LogP contribution >= 0.6 is 11.6 Å². The number of ether oxygens (including phenoxy) is 1. The molecule has 0 saturated heterocycles. The summed E-state index contributed by atoms with van der Waals surface area (Å²) in [6.45, 7) is 5.75. The number of benzene rings is 2. The van der Waals surface area contributed by atoms with Crippen LogP contribution in [0.15, 0.2) is 41.5 Å². The van der Waals surface area contributed by atoms with Crippen LogP contribution in [0.1, 0.15) is 36.5 Å². The minimum Gasteiger partial charge on any atom is -0.483 e. The number of rotatable bonds is 6. The largest absolute Gasteiger partial charge is 0.483 e. The van der Waals surface area contributed by atoms with E-state index in [4.69, 9.17) is 16.3 Å². The van der Waals surface area contributed by atoms with Crippen molar-refractivity contribution in [2.45, 2.75) is 26.7 Å². The van der Waals surface area contributed by atoms with E-state index in [1.54, 1.807) is 12.1 Å². The van der Waals surface area contributed by atoms with Crippen LogP contribution < -0.4 is 10.2 Å². The summed E-state index contributed by atoms with van der Waals surface area (Å²) in [6.07, 6.45) is 1.37. The van der Waals surface area contributed by atoms with Crippen LogP contribution in [0.4, 0.5) is 4.39 Å². The molecular formula is C19H20ClFN2O2. The van der Waals surface area contributed by atoms with Gasteiger partial charge >= 0.3 is 0 Å². The van der Waals surface area contributed by atoms with Crippen LogP contribution in [0.25, 0.3) is 0 Å². The molecule has 0 spiro atoms. The van der Waals surface area contributed by atoms with Gasteiger partial charge in [-0.05, 0) is 53.8 Å². The SMILES string of the molecule is Cc1cc(OCC(=O)NN=Cc2cccc(F)c2)c(C(C)C)cc1Cl. The first kappa shape index (κ1) is 18.9. The van der Waals surface area contributed by atoms with Crippen molar-refractivity contribution in [3.63, 3.8) is 0 Å². The molecule has 0 aliphatic heterocycles. The third kappa shape index (κ3) is 5.57. The summed E-state index contributed by atoms with van der Waals surface area (Å²) in [4.78, 5) is 11.9. The first-order valence-electron chi connectivity index (χ1n) is 7.87. The zero-order valence-electron chi connectivity index (χ0n) is 14.3. The summed E-state index contributed by atoms with van der Waals surface area (Å²) in [5.41, 5.74) is 4.72. The number of amides is 1. The summed E-state index contributed by atoms with van der Waals surface area (Å²) in [5, 5.41) is 4.46. The van der Waals surface area contributed by atoms with Gasteiger partial charge in [0.15, 0.2) is 6.61 Å². The van der Waals surface area contributed by atoms with E-state index in [0.29, 0.717) is 16.3 Å². The molecule has 6 heteroatoms. The minimum atomic E-state index is -0.407. The van der Waals surface area contributed by atoms with Crippen molar-refractivity contribution in [1.29, 1.82) is 0 Å². The number of aryl methyl sites for hydroxylation is 1. The molecule has 1 N–H and O–H groups in total. The van der Waals surface area contributed by atoms with Crippen LogP contribution in [-0.2, 0) is 4.79 Å². The highest BCUT2D eigenvalue weighted by atomic mass is 35.5. The van der Waals surface area contributed by atoms with E-state index in [1.165, 1.54) is 18.3 Å². The van der Waals surface area contributed by atoms with Gasteiger partial charge in [-0.25, -0.2) is 9.82 Å². The average Bonchev–Trinajstić information content (AvgIpc) is 2.55. The second-order valence-corrected chi connectivity index (χ2v) is 6.34. The monoisotopic (exact) mass is 362 g/mol. The molecule has 132 valence electrons. The van der Waals surface area contributed by atoms with Crippen LogP contribution in [0, 0.1) is 12.7 Å². The van der Waals surface area contributed by atoms with Gasteiger partial charge in [-0.15, -0.1) is 0 Å². The molecule has 0 atom stereocenters. The van der Waals surface area contributed by atoms with Gasteiger partial charge in [-0.1, -0.05) is 37.6 Å². The van der Waals surface area contributed by atoms with Crippen molar-refractivity contribution in [2.24, 2.45) is 5.10 Å². The molecule has 25 heavy (non-hydrogen) atoms. The number of halogens is 2. The third-order valence-corrected chi connectivity index (χ3v) is 3.93. The molecule has 0 heterocycles. The Hall–Kier alpha value is -2.40. The predicted molar refractivity (Wildman–Crippen MR) is 97.9 cm³/mol. The molecule has 0 radical (unpaired) electrons. The Morgan fingerprint density at radius 2 is 2.12 bits per heavy atom. The summed E-state index contributed by atoms with van der Waals surface area (Å²) < 4.78 is 18.7. The maximum Gasteiger partial charge on any atom is 0.277 e. The van der Waals surface area contributed by atoms with Crippen molar-refractivity contribution in [3.05, 3.63) is 63.9 Å². The first-order chi connectivity index (χ1) is 11.9. The molecule has 0 bridgehead atoms. The molecule has 0 aliphatic rings. The van der Waals surface area contributed by atoms with Gasteiger partial charge in [0.25, 0.3) is 5.91 Å². The van der Waals surface area contributed by atoms with Crippen molar-refractivity contribution in [2.75, 3.05) is 6.61 Å². The van der Waals surface area contributed by atoms with Gasteiger partial charge in [0.2, 0.25) is 0 Å². The van der Waals surface area contributed by atoms with Crippen molar-refractivity contribution in [3.8, 4) is 5.75 Å². The minimum absolute atomic E-state index is 0.179. The van der Waals surface area contributed by atoms with Gasteiger partial charge in [-0.2, -0.15) is 5.10 Å². The molecule has 0 aliphatic carbocycles. The molecule has 2 aromatic rings. The van der Waals surface area contributed by atoms with E-state index in [-0.39, 0.29) is 18.3 Å². The lowest BCUT2D eigenvalue weighted by atomic mass is 10.0. The van der Waals surface area contributed by atoms with Gasteiger partial charge < -0.3 is 4.74 Å². The number of nitrogens with zero attached hydrogens (tertiary/aromatic N) is 1. The highest BCUT2D eigenvalue weighted by Crippen LogP contribution is 2.31. The van der Waals surface area contributed by atoms with Crippen LogP contribution in [0.3, 0.4) is 0 Å². The van der Waals surface area contributed by atoms with Crippen LogP contribution in [0.2, 0.25) is 5.02 Å². The van der Waals surface area contributed by atoms with E-state index in [9.17, 15) is 9.18 Å². The van der Waals surface area contributed by atoms with Crippen LogP contribution in [-0.4, -0.2) is 18.7 Å². The number of carbonyl (C=O) groups excluding carboxylic acids is 1. The normalized spacial score (nSPS) is 11.1. The summed E-state index contributed by atoms with van der Waals surface area (Å²) in [7, 11) is 0. The molecule has 0 saturated carbocycles. The highest BCUT2D eigenvalue weighted by Gasteiger charge is 2.12. The van der Waals surface area contributed by atoms with Gasteiger partial charge in [-0.3, -0.25) is 4.79 Å². The van der Waals surface area contributed by atoms with Gasteiger partial charge in [0.1, 0.15) is 11.6 Å². The standard InChI is InChI=1S/C19H20ClFN2O2/c1-12(2)16-9-17(20)13(3)7-18(16)25-11-19(24)23-22-10-14-5-4-6-15(21)8-14/h4-10,12H,11H2,1-3H3,(H,23,24). The molecule has 1 amide bonds. The molecule has 4 nitrogen and oxygen atoms in total. The molecule has 0 fully saturated rings. The summed E-state index contributed by atoms with van der Waals surface area (Å²) in [5.74, 6) is 0.0659. The maximum absolute atomic E-state index is 13.0. The smallest absolute Gasteiger partial charge is 0.277 e. The van der Waals surface area contributed by atoms with E-state index in [2.05, 4.69) is 10.5 Å². The Kier molecular flexibility index (Phi) is 6.53. The van der Waals surface area contributed by atoms with Gasteiger partial charge in [0, 0.05) is 5.02 Å². The lowest BCUT2D eigenvalue weighted by Crippen LogP contribution is -2.25. The topological polar surface area (TPSA) is 50.7 Å². The fraction of sp³-hybridized carbons (Fsp3) is 0.263. The Bertz CT molecular complexity index is 791. The van der Waals surface area contributed by atoms with E-state index in [1.807, 2.05) is 32.9 Å². The zero-order chi connectivity index (χ0) is 18.4. The lowest BCUT2D eigenvalue weighted by molar-refractivity contribution is -0.123. The van der Waals surface area contributed by atoms with Gasteiger partial charge in [0.05, 0.1) is 6.21 Å². The fourth-order valence-electron chi connectivity index (χ4n) is 2.19. The second kappa shape index (κ2) is 8.62. The Labute approximate surface area is 151 Å². The zero-order valence-corrected chi connectivity index (χ0v) is 15.1. The van der Waals surface area contributed by atoms with E-state index < -0.39 is 5.91 Å². The van der Waals surface area contributed by atoms with Crippen molar-refractivity contribution in [1.82, 2.24) is 5.43 Å². The molecule has 2 aromatic carbocycles. The summed E-state index contributed by atoms with van der Waals surface area (Å²) in [6, 6.07) is 9.58. The average molecular weight is 363 g/mol. The third-order valence-electron chi connectivity index (χ3n) is 3.52. The number of nitrogens with one attached hydrogen (secondary N) is 1. The number of hydrogen-bond acceptors (Lipinski definition) is 3. The highest BCUT2D eigenvalue weighted by molar-refractivity contribution is 6.31. The number of hydrogen-bond donors (Lipinski definition) is 1. The maximum atomic E-state index is 13.0. The molecular weight excluding hydrogens is 343 g/mol. The van der Waals surface area contributed by atoms with Crippen molar-refractivity contribution < 1.29 is 13.9 Å². The Morgan fingerprint density at radius 3 is 2.80 bits per heavy atom. The van der Waals surface area contributed by atoms with E-state index in [0.717, 1.165) is 11.1 Å².